The van der Waals surface area contributed by atoms with Crippen LogP contribution in [0.5, 0.6) is 11.5 Å². The molecule has 0 saturated heterocycles. The Morgan fingerprint density at radius 2 is 1.67 bits per heavy atom. The first-order valence-electron chi connectivity index (χ1n) is 6.84. The molecular formula is C16H24O2. The van der Waals surface area contributed by atoms with E-state index in [0.717, 1.165) is 11.5 Å². The zero-order valence-corrected chi connectivity index (χ0v) is 12.1. The van der Waals surface area contributed by atoms with Crippen LogP contribution in [0.3, 0.4) is 0 Å². The van der Waals surface area contributed by atoms with Crippen molar-refractivity contribution in [1.29, 1.82) is 0 Å². The van der Waals surface area contributed by atoms with Crippen LogP contribution < -0.4 is 9.47 Å². The Morgan fingerprint density at radius 1 is 1.06 bits per heavy atom. The van der Waals surface area contributed by atoms with Crippen LogP contribution in [0.25, 0.3) is 0 Å². The second-order valence-corrected chi connectivity index (χ2v) is 6.42. The molecule has 0 bridgehead atoms. The van der Waals surface area contributed by atoms with E-state index >= 15 is 0 Å². The summed E-state index contributed by atoms with van der Waals surface area (Å²) in [5.41, 5.74) is 1.10. The minimum atomic E-state index is -0.174. The first kappa shape index (κ1) is 13.3. The van der Waals surface area contributed by atoms with Gasteiger partial charge in [0, 0.05) is 6.07 Å². The smallest absolute Gasteiger partial charge is 0.124 e. The Kier molecular flexibility index (Phi) is 3.56. The van der Waals surface area contributed by atoms with Crippen LogP contribution in [0.1, 0.15) is 58.9 Å². The average molecular weight is 248 g/mol. The van der Waals surface area contributed by atoms with Gasteiger partial charge in [0.1, 0.15) is 17.1 Å². The minimum absolute atomic E-state index is 0.174. The summed E-state index contributed by atoms with van der Waals surface area (Å²) in [5.74, 6) is 2.34. The maximum Gasteiger partial charge on any atom is 0.124 e. The van der Waals surface area contributed by atoms with Crippen LogP contribution in [0.15, 0.2) is 18.2 Å². The number of hydrogen-bond donors (Lipinski definition) is 0. The quantitative estimate of drug-likeness (QED) is 0.779. The van der Waals surface area contributed by atoms with Crippen molar-refractivity contribution in [2.75, 3.05) is 0 Å². The summed E-state index contributed by atoms with van der Waals surface area (Å²) >= 11 is 0. The Labute approximate surface area is 110 Å². The molecule has 1 aliphatic carbocycles. The zero-order valence-electron chi connectivity index (χ0n) is 12.1. The summed E-state index contributed by atoms with van der Waals surface area (Å²) in [5, 5.41) is 0. The Morgan fingerprint density at radius 3 is 2.17 bits per heavy atom. The average Bonchev–Trinajstić information content (AvgIpc) is 2.98. The van der Waals surface area contributed by atoms with Gasteiger partial charge in [0.25, 0.3) is 0 Å². The number of rotatable bonds is 4. The van der Waals surface area contributed by atoms with Crippen molar-refractivity contribution >= 4 is 0 Å². The van der Waals surface area contributed by atoms with E-state index in [4.69, 9.17) is 9.47 Å². The van der Waals surface area contributed by atoms with E-state index in [9.17, 15) is 0 Å². The largest absolute Gasteiger partial charge is 0.490 e. The van der Waals surface area contributed by atoms with Crippen LogP contribution in [0.4, 0.5) is 0 Å². The molecule has 0 radical (unpaired) electrons. The monoisotopic (exact) mass is 248 g/mol. The lowest BCUT2D eigenvalue weighted by atomic mass is 10.0. The van der Waals surface area contributed by atoms with Crippen molar-refractivity contribution in [3.63, 3.8) is 0 Å². The van der Waals surface area contributed by atoms with Crippen LogP contribution in [0, 0.1) is 0 Å². The Balaban J connectivity index is 2.23. The maximum absolute atomic E-state index is 5.96. The SMILES string of the molecule is CC(C)c1cc(OC2CC2)cc(OC(C)(C)C)c1. The second-order valence-electron chi connectivity index (χ2n) is 6.42. The standard InChI is InChI=1S/C16H24O2/c1-11(2)12-8-14(17-13-6-7-13)10-15(9-12)18-16(3,4)5/h8-11,13H,6-7H2,1-5H3. The zero-order chi connectivity index (χ0) is 13.3. The molecule has 2 heteroatoms. The summed E-state index contributed by atoms with van der Waals surface area (Å²) in [4.78, 5) is 0. The minimum Gasteiger partial charge on any atom is -0.490 e. The topological polar surface area (TPSA) is 18.5 Å². The van der Waals surface area contributed by atoms with Gasteiger partial charge in [-0.15, -0.1) is 0 Å². The molecule has 1 aromatic rings. The molecule has 0 atom stereocenters. The predicted molar refractivity (Wildman–Crippen MR) is 74.6 cm³/mol. The van der Waals surface area contributed by atoms with Gasteiger partial charge < -0.3 is 9.47 Å². The lowest BCUT2D eigenvalue weighted by molar-refractivity contribution is 0.130. The Hall–Kier alpha value is -1.18. The van der Waals surface area contributed by atoms with E-state index in [-0.39, 0.29) is 5.60 Å². The molecular weight excluding hydrogens is 224 g/mol. The summed E-state index contributed by atoms with van der Waals surface area (Å²) in [6.45, 7) is 10.6. The molecule has 0 heterocycles. The van der Waals surface area contributed by atoms with Crippen LogP contribution >= 0.6 is 0 Å². The van der Waals surface area contributed by atoms with Gasteiger partial charge in [-0.25, -0.2) is 0 Å². The summed E-state index contributed by atoms with van der Waals surface area (Å²) in [7, 11) is 0. The number of hydrogen-bond acceptors (Lipinski definition) is 2. The van der Waals surface area contributed by atoms with Crippen molar-refractivity contribution in [1.82, 2.24) is 0 Å². The van der Waals surface area contributed by atoms with Crippen LogP contribution in [-0.4, -0.2) is 11.7 Å². The summed E-state index contributed by atoms with van der Waals surface area (Å²) < 4.78 is 11.8. The molecule has 0 aliphatic heterocycles. The molecule has 0 amide bonds. The number of benzene rings is 1. The molecule has 2 rings (SSSR count). The molecule has 1 aliphatic rings. The third-order valence-electron chi connectivity index (χ3n) is 2.82. The van der Waals surface area contributed by atoms with Gasteiger partial charge in [0.2, 0.25) is 0 Å². The highest BCUT2D eigenvalue weighted by Gasteiger charge is 2.24. The van der Waals surface area contributed by atoms with Crippen molar-refractivity contribution in [2.24, 2.45) is 0 Å². The van der Waals surface area contributed by atoms with Crippen molar-refractivity contribution in [2.45, 2.75) is 65.1 Å². The van der Waals surface area contributed by atoms with Gasteiger partial charge in [-0.2, -0.15) is 0 Å². The molecule has 0 aromatic heterocycles. The third kappa shape index (κ3) is 3.94. The number of ether oxygens (including phenoxy) is 2. The van der Waals surface area contributed by atoms with Gasteiger partial charge >= 0.3 is 0 Å². The molecule has 1 fully saturated rings. The lowest BCUT2D eigenvalue weighted by Gasteiger charge is -2.23. The van der Waals surface area contributed by atoms with E-state index in [1.165, 1.54) is 18.4 Å². The highest BCUT2D eigenvalue weighted by atomic mass is 16.5. The Bertz CT molecular complexity index is 412. The van der Waals surface area contributed by atoms with Gasteiger partial charge in [0.15, 0.2) is 0 Å². The van der Waals surface area contributed by atoms with Gasteiger partial charge in [-0.3, -0.25) is 0 Å². The van der Waals surface area contributed by atoms with Gasteiger partial charge in [-0.1, -0.05) is 13.8 Å². The van der Waals surface area contributed by atoms with Crippen molar-refractivity contribution in [3.05, 3.63) is 23.8 Å². The normalized spacial score (nSPS) is 15.9. The highest BCUT2D eigenvalue weighted by Crippen LogP contribution is 2.33. The van der Waals surface area contributed by atoms with E-state index in [1.54, 1.807) is 0 Å². The first-order valence-corrected chi connectivity index (χ1v) is 6.84. The first-order chi connectivity index (χ1) is 8.33. The van der Waals surface area contributed by atoms with E-state index in [0.29, 0.717) is 12.0 Å². The maximum atomic E-state index is 5.96. The predicted octanol–water partition coefficient (Wildman–Crippen LogP) is 4.53. The molecule has 0 N–H and O–H groups in total. The third-order valence-corrected chi connectivity index (χ3v) is 2.82. The summed E-state index contributed by atoms with van der Waals surface area (Å²) in [6.07, 6.45) is 2.79. The van der Waals surface area contributed by atoms with Crippen LogP contribution in [0.2, 0.25) is 0 Å². The van der Waals surface area contributed by atoms with E-state index in [2.05, 4.69) is 46.8 Å². The molecule has 100 valence electrons. The fraction of sp³-hybridized carbons (Fsp3) is 0.625. The fourth-order valence-electron chi connectivity index (χ4n) is 1.79. The molecule has 1 saturated carbocycles. The van der Waals surface area contributed by atoms with Crippen molar-refractivity contribution in [3.8, 4) is 11.5 Å². The van der Waals surface area contributed by atoms with E-state index in [1.807, 2.05) is 6.07 Å². The fourth-order valence-corrected chi connectivity index (χ4v) is 1.79. The second kappa shape index (κ2) is 4.83. The van der Waals surface area contributed by atoms with Crippen molar-refractivity contribution < 1.29 is 9.47 Å². The molecule has 18 heavy (non-hydrogen) atoms. The van der Waals surface area contributed by atoms with Gasteiger partial charge in [-0.05, 0) is 57.2 Å². The molecule has 0 spiro atoms. The van der Waals surface area contributed by atoms with Gasteiger partial charge in [0.05, 0.1) is 6.10 Å². The lowest BCUT2D eigenvalue weighted by Crippen LogP contribution is -2.23. The van der Waals surface area contributed by atoms with Crippen LogP contribution in [-0.2, 0) is 0 Å². The molecule has 2 nitrogen and oxygen atoms in total. The molecule has 0 unspecified atom stereocenters. The van der Waals surface area contributed by atoms with E-state index < -0.39 is 0 Å². The molecule has 1 aromatic carbocycles. The highest BCUT2D eigenvalue weighted by molar-refractivity contribution is 5.40. The summed E-state index contributed by atoms with van der Waals surface area (Å²) in [6, 6.07) is 6.27.